The maximum absolute atomic E-state index is 2.74. The zero-order valence-corrected chi connectivity index (χ0v) is 40.0. The molecule has 0 bridgehead atoms. The summed E-state index contributed by atoms with van der Waals surface area (Å²) >= 11 is 0. The van der Waals surface area contributed by atoms with E-state index in [4.69, 9.17) is 0 Å². The topological polar surface area (TPSA) is 8.17 Å². The second-order valence-corrected chi connectivity index (χ2v) is 23.3. The summed E-state index contributed by atoms with van der Waals surface area (Å²) in [5.41, 5.74) is 31.3. The Morgan fingerprint density at radius 1 is 0.485 bits per heavy atom. The molecule has 320 valence electrons. The lowest BCUT2D eigenvalue weighted by molar-refractivity contribution is 0.590. The highest BCUT2D eigenvalue weighted by molar-refractivity contribution is 6.93. The van der Waals surface area contributed by atoms with Crippen LogP contribution in [0, 0.1) is 0 Å². The molecule has 0 radical (unpaired) electrons. The van der Waals surface area contributed by atoms with E-state index in [-0.39, 0.29) is 28.5 Å². The first-order valence-corrected chi connectivity index (χ1v) is 24.3. The summed E-state index contributed by atoms with van der Waals surface area (Å²) < 4.78 is 2.70. The van der Waals surface area contributed by atoms with E-state index in [0.29, 0.717) is 0 Å². The minimum absolute atomic E-state index is 0.0438. The van der Waals surface area contributed by atoms with E-state index in [1.165, 1.54) is 139 Å². The molecule has 0 fully saturated rings. The molecule has 3 heterocycles. The Morgan fingerprint density at radius 3 is 1.89 bits per heavy atom. The van der Waals surface area contributed by atoms with Gasteiger partial charge in [-0.05, 0) is 148 Å². The van der Waals surface area contributed by atoms with Crippen molar-refractivity contribution in [2.45, 2.75) is 97.3 Å². The smallest absolute Gasteiger partial charge is 0.333 e. The highest BCUT2D eigenvalue weighted by Crippen LogP contribution is 2.56. The third-order valence-electron chi connectivity index (χ3n) is 16.9. The van der Waals surface area contributed by atoms with Gasteiger partial charge in [-0.25, -0.2) is 0 Å². The minimum atomic E-state index is -0.139. The molecule has 3 heteroatoms. The highest BCUT2D eigenvalue weighted by atomic mass is 15.1. The van der Waals surface area contributed by atoms with Crippen LogP contribution in [0.4, 0.5) is 11.4 Å². The molecule has 66 heavy (non-hydrogen) atoms. The van der Waals surface area contributed by atoms with Crippen LogP contribution in [-0.2, 0) is 28.1 Å². The molecule has 0 unspecified atom stereocenters. The normalized spacial score (nSPS) is 16.2. The Hall–Kier alpha value is -6.58. The van der Waals surface area contributed by atoms with Crippen molar-refractivity contribution < 1.29 is 0 Å². The van der Waals surface area contributed by atoms with Crippen LogP contribution in [0.3, 0.4) is 0 Å². The summed E-state index contributed by atoms with van der Waals surface area (Å²) in [5, 5.41) is 2.72. The van der Waals surface area contributed by atoms with E-state index < -0.39 is 0 Å². The molecule has 5 aliphatic rings. The molecule has 14 rings (SSSR count). The van der Waals surface area contributed by atoms with Crippen molar-refractivity contribution in [1.29, 1.82) is 0 Å². The maximum atomic E-state index is 2.74. The van der Waals surface area contributed by atoms with Crippen molar-refractivity contribution in [1.82, 2.24) is 4.57 Å². The highest BCUT2D eigenvalue weighted by Gasteiger charge is 2.48. The average molecular weight is 851 g/mol. The lowest BCUT2D eigenvalue weighted by atomic mass is 9.43. The van der Waals surface area contributed by atoms with Gasteiger partial charge in [0.05, 0.1) is 11.0 Å². The zero-order chi connectivity index (χ0) is 45.1. The summed E-state index contributed by atoms with van der Waals surface area (Å²) in [6.07, 6.45) is 0.947. The van der Waals surface area contributed by atoms with Crippen LogP contribution >= 0.6 is 0 Å². The van der Waals surface area contributed by atoms with E-state index in [1.807, 2.05) is 0 Å². The molecule has 3 aliphatic carbocycles. The van der Waals surface area contributed by atoms with Gasteiger partial charge in [-0.2, -0.15) is 0 Å². The van der Waals surface area contributed by atoms with E-state index in [1.54, 1.807) is 0 Å². The predicted molar refractivity (Wildman–Crippen MR) is 281 cm³/mol. The Bertz CT molecular complexity index is 3690. The molecule has 0 amide bonds. The zero-order valence-electron chi connectivity index (χ0n) is 40.0. The van der Waals surface area contributed by atoms with Gasteiger partial charge in [0, 0.05) is 44.2 Å². The van der Waals surface area contributed by atoms with Crippen LogP contribution < -0.4 is 15.7 Å². The lowest BCUT2D eigenvalue weighted by Crippen LogP contribution is -2.60. The molecule has 8 aromatic carbocycles. The third kappa shape index (κ3) is 4.74. The summed E-state index contributed by atoms with van der Waals surface area (Å²) in [7, 11) is 0. The first-order valence-electron chi connectivity index (χ1n) is 24.3. The van der Waals surface area contributed by atoms with Crippen molar-refractivity contribution in [2.24, 2.45) is 0 Å². The maximum Gasteiger partial charge on any atom is 0.333 e. The van der Waals surface area contributed by atoms with Gasteiger partial charge < -0.3 is 9.38 Å². The molecule has 2 nitrogen and oxygen atoms in total. The van der Waals surface area contributed by atoms with Gasteiger partial charge in [-0.15, -0.1) is 0 Å². The molecule has 2 aliphatic heterocycles. The number of anilines is 2. The molecule has 0 N–H and O–H groups in total. The SMILES string of the molecule is CC(C)(C)c1ccc(N2B3c4cc5c(cc4-n4c6ccc7c(c6c6ccc(c3c64)-c3cc4c(cc32)Cc2ccc(C(C)(C)C)cc2-4)-c2ccccc2C7(C)C)C(C)(C)c2ccccc2-5)cc1. The number of rotatable bonds is 1. The second-order valence-electron chi connectivity index (χ2n) is 23.3. The third-order valence-corrected chi connectivity index (χ3v) is 16.9. The first kappa shape index (κ1) is 38.7. The largest absolute Gasteiger partial charge is 0.376 e. The van der Waals surface area contributed by atoms with Crippen molar-refractivity contribution in [3.05, 3.63) is 184 Å². The number of nitrogens with zero attached hydrogens (tertiary/aromatic N) is 2. The van der Waals surface area contributed by atoms with Gasteiger partial charge in [0.15, 0.2) is 0 Å². The number of hydrogen-bond acceptors (Lipinski definition) is 1. The van der Waals surface area contributed by atoms with Gasteiger partial charge in [-0.1, -0.05) is 172 Å². The Morgan fingerprint density at radius 2 is 1.15 bits per heavy atom. The predicted octanol–water partition coefficient (Wildman–Crippen LogP) is 14.8. The van der Waals surface area contributed by atoms with E-state index in [2.05, 4.69) is 218 Å². The molecule has 9 aromatic rings. The van der Waals surface area contributed by atoms with Crippen molar-refractivity contribution >= 4 is 51.0 Å². The van der Waals surface area contributed by atoms with E-state index in [0.717, 1.165) is 6.42 Å². The molecule has 0 spiro atoms. The van der Waals surface area contributed by atoms with Crippen LogP contribution in [0.1, 0.15) is 114 Å². The Kier molecular flexibility index (Phi) is 7.18. The standard InChI is InChI=1S/C63H55BN2/c1-60(2,3)37-21-23-39(24-22-37)66-54-30-36-29-35-19-20-38(61(4,5)6)31-44(35)45(36)32-47(54)41-25-26-43-57-53(28-27-50-56(57)42-16-12-14-18-49(42)62(50,7)8)65-55-34-51-46(33-52(55)64(66)58(41)59(43)65)40-15-11-13-17-48(40)63(51,9)10/h11-28,30-34H,29H2,1-10H3. The van der Waals surface area contributed by atoms with Gasteiger partial charge >= 0.3 is 6.85 Å². The van der Waals surface area contributed by atoms with Crippen molar-refractivity contribution in [3.8, 4) is 50.2 Å². The quantitative estimate of drug-likeness (QED) is 0.149. The fourth-order valence-corrected chi connectivity index (χ4v) is 13.4. The number of benzene rings is 8. The van der Waals surface area contributed by atoms with E-state index in [9.17, 15) is 0 Å². The minimum Gasteiger partial charge on any atom is -0.376 e. The van der Waals surface area contributed by atoms with Gasteiger partial charge in [0.2, 0.25) is 0 Å². The number of hydrogen-bond donors (Lipinski definition) is 0. The molecular formula is C63H55BN2. The lowest BCUT2D eigenvalue weighted by Gasteiger charge is -2.42. The Balaban J connectivity index is 1.14. The fraction of sp³-hybridized carbons (Fsp3) is 0.238. The van der Waals surface area contributed by atoms with Gasteiger partial charge in [-0.3, -0.25) is 0 Å². The van der Waals surface area contributed by atoms with Crippen molar-refractivity contribution in [2.75, 3.05) is 4.81 Å². The fourth-order valence-electron chi connectivity index (χ4n) is 13.4. The molecule has 1 aromatic heterocycles. The summed E-state index contributed by atoms with van der Waals surface area (Å²) in [6.45, 7) is 23.6. The Labute approximate surface area is 390 Å². The number of fused-ring (bicyclic) bond motifs is 18. The van der Waals surface area contributed by atoms with Crippen LogP contribution in [0.25, 0.3) is 72.0 Å². The molecule has 0 atom stereocenters. The summed E-state index contributed by atoms with van der Waals surface area (Å²) in [5.74, 6) is 0. The molecule has 0 saturated carbocycles. The van der Waals surface area contributed by atoms with Gasteiger partial charge in [0.25, 0.3) is 0 Å². The van der Waals surface area contributed by atoms with Crippen molar-refractivity contribution in [3.63, 3.8) is 0 Å². The van der Waals surface area contributed by atoms with Crippen LogP contribution in [-0.4, -0.2) is 11.4 Å². The summed E-state index contributed by atoms with van der Waals surface area (Å²) in [6, 6.07) is 55.5. The summed E-state index contributed by atoms with van der Waals surface area (Å²) in [4.78, 5) is 2.74. The van der Waals surface area contributed by atoms with Crippen LogP contribution in [0.2, 0.25) is 0 Å². The molecular weight excluding hydrogens is 796 g/mol. The average Bonchev–Trinajstić information content (AvgIpc) is 3.97. The first-order chi connectivity index (χ1) is 31.5. The second kappa shape index (κ2) is 12.2. The molecule has 0 saturated heterocycles. The van der Waals surface area contributed by atoms with Gasteiger partial charge in [0.1, 0.15) is 0 Å². The van der Waals surface area contributed by atoms with Crippen LogP contribution in [0.5, 0.6) is 0 Å². The monoisotopic (exact) mass is 850 g/mol. The van der Waals surface area contributed by atoms with E-state index >= 15 is 0 Å². The number of aromatic nitrogens is 1. The van der Waals surface area contributed by atoms with Crippen LogP contribution in [0.15, 0.2) is 140 Å².